The molecule has 1 aromatic heterocycles. The lowest BCUT2D eigenvalue weighted by atomic mass is 10.0. The summed E-state index contributed by atoms with van der Waals surface area (Å²) >= 11 is 1.23. The summed E-state index contributed by atoms with van der Waals surface area (Å²) in [5, 5.41) is 14.4. The SMILES string of the molecule is Cc1nnc(C(=O)Nc2cccc(C(=O)NCCCN3CCC[C@@H](C)C3)c2)s1. The first-order chi connectivity index (χ1) is 13.5. The van der Waals surface area contributed by atoms with Crippen molar-refractivity contribution in [3.8, 4) is 0 Å². The molecular weight excluding hydrogens is 374 g/mol. The number of benzene rings is 1. The Labute approximate surface area is 169 Å². The fraction of sp³-hybridized carbons (Fsp3) is 0.500. The summed E-state index contributed by atoms with van der Waals surface area (Å²) in [6.45, 7) is 8.07. The smallest absolute Gasteiger partial charge is 0.286 e. The average molecular weight is 402 g/mol. The van der Waals surface area contributed by atoms with Gasteiger partial charge in [0.1, 0.15) is 5.01 Å². The predicted molar refractivity (Wildman–Crippen MR) is 111 cm³/mol. The van der Waals surface area contributed by atoms with Crippen LogP contribution >= 0.6 is 11.3 Å². The highest BCUT2D eigenvalue weighted by Crippen LogP contribution is 2.16. The standard InChI is InChI=1S/C20H27N5O2S/c1-14-6-4-10-25(13-14)11-5-9-21-18(26)16-7-3-8-17(12-16)22-19(27)20-24-23-15(2)28-20/h3,7-8,12,14H,4-6,9-11,13H2,1-2H3,(H,21,26)(H,22,27)/t14-/m1/s1. The number of carbonyl (C=O) groups is 2. The van der Waals surface area contributed by atoms with Crippen molar-refractivity contribution in [2.75, 3.05) is 31.5 Å². The number of hydrogen-bond donors (Lipinski definition) is 2. The van der Waals surface area contributed by atoms with Crippen molar-refractivity contribution in [2.24, 2.45) is 5.92 Å². The fourth-order valence-corrected chi connectivity index (χ4v) is 3.99. The Morgan fingerprint density at radius 2 is 2.14 bits per heavy atom. The van der Waals surface area contributed by atoms with E-state index in [1.54, 1.807) is 31.2 Å². The van der Waals surface area contributed by atoms with Crippen molar-refractivity contribution < 1.29 is 9.59 Å². The largest absolute Gasteiger partial charge is 0.352 e. The van der Waals surface area contributed by atoms with Crippen molar-refractivity contribution in [2.45, 2.75) is 33.1 Å². The van der Waals surface area contributed by atoms with Gasteiger partial charge in [-0.15, -0.1) is 10.2 Å². The minimum atomic E-state index is -0.320. The molecule has 0 unspecified atom stereocenters. The summed E-state index contributed by atoms with van der Waals surface area (Å²) in [7, 11) is 0. The van der Waals surface area contributed by atoms with E-state index in [0.29, 0.717) is 22.8 Å². The normalized spacial score (nSPS) is 17.3. The van der Waals surface area contributed by atoms with Crippen molar-refractivity contribution in [1.82, 2.24) is 20.4 Å². The number of aryl methyl sites for hydroxylation is 1. The van der Waals surface area contributed by atoms with E-state index in [2.05, 4.69) is 32.7 Å². The second-order valence-corrected chi connectivity index (χ2v) is 8.50. The van der Waals surface area contributed by atoms with Gasteiger partial charge in [-0.1, -0.05) is 24.3 Å². The molecule has 2 aromatic rings. The van der Waals surface area contributed by atoms with Crippen molar-refractivity contribution in [3.05, 3.63) is 39.8 Å². The van der Waals surface area contributed by atoms with Gasteiger partial charge in [-0.3, -0.25) is 9.59 Å². The molecule has 0 bridgehead atoms. The van der Waals surface area contributed by atoms with E-state index in [1.165, 1.54) is 24.2 Å². The summed E-state index contributed by atoms with van der Waals surface area (Å²) in [4.78, 5) is 27.1. The van der Waals surface area contributed by atoms with Crippen LogP contribution in [0.25, 0.3) is 0 Å². The van der Waals surface area contributed by atoms with Gasteiger partial charge in [0.25, 0.3) is 11.8 Å². The predicted octanol–water partition coefficient (Wildman–Crippen LogP) is 2.95. The molecule has 8 heteroatoms. The molecule has 150 valence electrons. The monoisotopic (exact) mass is 401 g/mol. The van der Waals surface area contributed by atoms with Crippen LogP contribution in [0.5, 0.6) is 0 Å². The molecule has 1 fully saturated rings. The third-order valence-corrected chi connectivity index (χ3v) is 5.62. The number of anilines is 1. The van der Waals surface area contributed by atoms with Crippen LogP contribution in [0.15, 0.2) is 24.3 Å². The molecule has 2 amide bonds. The van der Waals surface area contributed by atoms with Gasteiger partial charge >= 0.3 is 0 Å². The number of nitrogens with zero attached hydrogens (tertiary/aromatic N) is 3. The third-order valence-electron chi connectivity index (χ3n) is 4.78. The van der Waals surface area contributed by atoms with E-state index in [-0.39, 0.29) is 11.8 Å². The third kappa shape index (κ3) is 5.84. The van der Waals surface area contributed by atoms with E-state index >= 15 is 0 Å². The Kier molecular flexibility index (Phi) is 7.11. The van der Waals surface area contributed by atoms with Gasteiger partial charge < -0.3 is 15.5 Å². The highest BCUT2D eigenvalue weighted by molar-refractivity contribution is 7.13. The molecule has 7 nitrogen and oxygen atoms in total. The van der Waals surface area contributed by atoms with Crippen LogP contribution in [-0.4, -0.2) is 53.1 Å². The number of carbonyl (C=O) groups excluding carboxylic acids is 2. The van der Waals surface area contributed by atoms with E-state index in [4.69, 9.17) is 0 Å². The molecule has 1 aromatic carbocycles. The van der Waals surface area contributed by atoms with Crippen molar-refractivity contribution in [1.29, 1.82) is 0 Å². The van der Waals surface area contributed by atoms with Gasteiger partial charge in [0.15, 0.2) is 0 Å². The number of hydrogen-bond acceptors (Lipinski definition) is 6. The number of aromatic nitrogens is 2. The molecule has 28 heavy (non-hydrogen) atoms. The zero-order valence-electron chi connectivity index (χ0n) is 16.4. The Balaban J connectivity index is 1.46. The second-order valence-electron chi connectivity index (χ2n) is 7.32. The molecule has 0 saturated carbocycles. The first-order valence-electron chi connectivity index (χ1n) is 9.73. The average Bonchev–Trinajstić information content (AvgIpc) is 3.12. The van der Waals surface area contributed by atoms with E-state index in [1.807, 2.05) is 0 Å². The highest BCUT2D eigenvalue weighted by atomic mass is 32.1. The van der Waals surface area contributed by atoms with Gasteiger partial charge in [0.05, 0.1) is 0 Å². The molecule has 0 aliphatic carbocycles. The number of piperidine rings is 1. The van der Waals surface area contributed by atoms with Gasteiger partial charge in [0, 0.05) is 24.3 Å². The maximum absolute atomic E-state index is 12.4. The number of rotatable bonds is 7. The molecule has 1 saturated heterocycles. The van der Waals surface area contributed by atoms with E-state index in [0.717, 1.165) is 37.0 Å². The van der Waals surface area contributed by atoms with Gasteiger partial charge in [0.2, 0.25) is 5.01 Å². The maximum Gasteiger partial charge on any atom is 0.286 e. The molecule has 2 N–H and O–H groups in total. The van der Waals surface area contributed by atoms with Crippen LogP contribution in [0, 0.1) is 12.8 Å². The summed E-state index contributed by atoms with van der Waals surface area (Å²) in [5.41, 5.74) is 1.09. The zero-order chi connectivity index (χ0) is 19.9. The molecule has 1 aliphatic heterocycles. The molecule has 1 aliphatic rings. The first-order valence-corrected chi connectivity index (χ1v) is 10.5. The van der Waals surface area contributed by atoms with Gasteiger partial charge in [-0.05, 0) is 63.4 Å². The summed E-state index contributed by atoms with van der Waals surface area (Å²) in [6.07, 6.45) is 3.52. The van der Waals surface area contributed by atoms with Gasteiger partial charge in [-0.25, -0.2) is 0 Å². The maximum atomic E-state index is 12.4. The van der Waals surface area contributed by atoms with E-state index in [9.17, 15) is 9.59 Å². The molecular formula is C20H27N5O2S. The van der Waals surface area contributed by atoms with Crippen molar-refractivity contribution in [3.63, 3.8) is 0 Å². The first kappa shape index (κ1) is 20.4. The summed E-state index contributed by atoms with van der Waals surface area (Å²) in [5.74, 6) is 0.319. The minimum absolute atomic E-state index is 0.130. The zero-order valence-corrected chi connectivity index (χ0v) is 17.2. The molecule has 2 heterocycles. The van der Waals surface area contributed by atoms with Crippen LogP contribution in [0.1, 0.15) is 51.4 Å². The Hall–Kier alpha value is -2.32. The number of nitrogens with one attached hydrogen (secondary N) is 2. The molecule has 0 radical (unpaired) electrons. The lowest BCUT2D eigenvalue weighted by Gasteiger charge is -2.30. The molecule has 3 rings (SSSR count). The van der Waals surface area contributed by atoms with Crippen LogP contribution < -0.4 is 10.6 Å². The quantitative estimate of drug-likeness (QED) is 0.697. The fourth-order valence-electron chi connectivity index (χ4n) is 3.41. The van der Waals surface area contributed by atoms with Crippen LogP contribution in [-0.2, 0) is 0 Å². The minimum Gasteiger partial charge on any atom is -0.352 e. The van der Waals surface area contributed by atoms with Crippen LogP contribution in [0.3, 0.4) is 0 Å². The molecule has 0 spiro atoms. The number of likely N-dealkylation sites (tertiary alicyclic amines) is 1. The highest BCUT2D eigenvalue weighted by Gasteiger charge is 2.16. The van der Waals surface area contributed by atoms with E-state index < -0.39 is 0 Å². The number of amides is 2. The second kappa shape index (κ2) is 9.75. The Bertz CT molecular complexity index is 822. The Morgan fingerprint density at radius 1 is 1.29 bits per heavy atom. The summed E-state index contributed by atoms with van der Waals surface area (Å²) < 4.78 is 0. The summed E-state index contributed by atoms with van der Waals surface area (Å²) in [6, 6.07) is 6.92. The Morgan fingerprint density at radius 3 is 2.89 bits per heavy atom. The lowest BCUT2D eigenvalue weighted by molar-refractivity contribution is 0.0948. The van der Waals surface area contributed by atoms with Gasteiger partial charge in [-0.2, -0.15) is 0 Å². The lowest BCUT2D eigenvalue weighted by Crippen LogP contribution is -2.36. The molecule has 1 atom stereocenters. The van der Waals surface area contributed by atoms with Crippen LogP contribution in [0.2, 0.25) is 0 Å². The van der Waals surface area contributed by atoms with Crippen LogP contribution in [0.4, 0.5) is 5.69 Å². The van der Waals surface area contributed by atoms with Crippen molar-refractivity contribution >= 4 is 28.8 Å². The topological polar surface area (TPSA) is 87.2 Å².